The summed E-state index contributed by atoms with van der Waals surface area (Å²) >= 11 is 0. The molecule has 0 bridgehead atoms. The smallest absolute Gasteiger partial charge is 0.413 e. The number of ether oxygens (including phenoxy) is 2. The second-order valence-electron chi connectivity index (χ2n) is 10.7. The van der Waals surface area contributed by atoms with E-state index in [1.165, 1.54) is 42.6 Å². The van der Waals surface area contributed by atoms with E-state index in [0.29, 0.717) is 27.5 Å². The van der Waals surface area contributed by atoms with E-state index in [-0.39, 0.29) is 30.9 Å². The molecule has 0 atom stereocenters. The number of carbonyl (C=O) groups excluding carboxylic acids is 4. The number of carboxylic acid groups (broad SMARTS) is 1. The third kappa shape index (κ3) is 12.0. The summed E-state index contributed by atoms with van der Waals surface area (Å²) in [5, 5.41) is 51.7. The molecule has 20 heteroatoms. The van der Waals surface area contributed by atoms with E-state index in [9.17, 15) is 34.1 Å². The maximum absolute atomic E-state index is 12.6. The van der Waals surface area contributed by atoms with E-state index in [2.05, 4.69) is 10.4 Å². The second-order valence-corrected chi connectivity index (χ2v) is 10.7. The van der Waals surface area contributed by atoms with Crippen LogP contribution in [0.2, 0.25) is 0 Å². The van der Waals surface area contributed by atoms with Gasteiger partial charge in [0.2, 0.25) is 0 Å². The number of anilines is 1. The van der Waals surface area contributed by atoms with Gasteiger partial charge < -0.3 is 40.1 Å². The number of carboxylic acids is 1. The Bertz CT molecular complexity index is 1710. The molecule has 0 radical (unpaired) electrons. The van der Waals surface area contributed by atoms with Crippen LogP contribution in [0.4, 0.5) is 21.0 Å². The number of furan rings is 1. The van der Waals surface area contributed by atoms with Gasteiger partial charge in [0.1, 0.15) is 24.7 Å². The zero-order chi connectivity index (χ0) is 37.6. The number of hydrogen-bond acceptors (Lipinski definition) is 15. The lowest BCUT2D eigenvalue weighted by molar-refractivity contribution is -0.384. The number of nitrogens with one attached hydrogen (secondary N) is 1. The Balaban J connectivity index is 0.000000783. The molecule has 51 heavy (non-hydrogen) atoms. The first-order chi connectivity index (χ1) is 24.3. The molecule has 2 heterocycles. The number of hydrogen-bond donors (Lipinski definition) is 6. The van der Waals surface area contributed by atoms with Crippen LogP contribution in [0.15, 0.2) is 70.2 Å². The number of aliphatic hydroxyl groups excluding tert-OH is 3. The van der Waals surface area contributed by atoms with Crippen LogP contribution in [0.3, 0.4) is 0 Å². The fourth-order valence-corrected chi connectivity index (χ4v) is 3.75. The van der Waals surface area contributed by atoms with Gasteiger partial charge in [0.15, 0.2) is 6.73 Å². The van der Waals surface area contributed by atoms with Crippen LogP contribution in [0, 0.1) is 10.1 Å². The molecule has 4 amide bonds. The number of nitrogens with zero attached hydrogens (tertiary/aromatic N) is 4. The molecule has 1 saturated heterocycles. The molecule has 20 nitrogen and oxygen atoms in total. The van der Waals surface area contributed by atoms with Crippen LogP contribution in [0.1, 0.15) is 24.2 Å². The van der Waals surface area contributed by atoms with E-state index in [0.717, 1.165) is 5.01 Å². The predicted molar refractivity (Wildman–Crippen MR) is 174 cm³/mol. The summed E-state index contributed by atoms with van der Waals surface area (Å²) in [5.74, 6) is -1.74. The molecular weight excluding hydrogens is 680 g/mol. The zero-order valence-electron chi connectivity index (χ0n) is 26.7. The van der Waals surface area contributed by atoms with Crippen LogP contribution in [0.25, 0.3) is 11.3 Å². The van der Waals surface area contributed by atoms with Crippen molar-refractivity contribution < 1.29 is 63.2 Å². The number of aliphatic hydroxyl groups is 3. The van der Waals surface area contributed by atoms with Gasteiger partial charge in [0.25, 0.3) is 11.6 Å². The average molecular weight is 715 g/mol. The Kier molecular flexibility index (Phi) is 14.2. The largest absolute Gasteiger partial charge is 0.481 e. The Morgan fingerprint density at radius 3 is 2.20 bits per heavy atom. The van der Waals surface area contributed by atoms with Gasteiger partial charge in [-0.25, -0.2) is 19.5 Å². The van der Waals surface area contributed by atoms with Gasteiger partial charge in [0, 0.05) is 23.4 Å². The minimum atomic E-state index is -1.21. The summed E-state index contributed by atoms with van der Waals surface area (Å²) < 4.78 is 15.6. The quantitative estimate of drug-likeness (QED) is 0.0424. The first kappa shape index (κ1) is 39.2. The van der Waals surface area contributed by atoms with Crippen molar-refractivity contribution in [3.05, 3.63) is 82.1 Å². The van der Waals surface area contributed by atoms with Crippen molar-refractivity contribution in [2.45, 2.75) is 25.0 Å². The molecule has 1 aliphatic rings. The number of non-ortho nitro benzene ring substituents is 1. The topological polar surface area (TPSA) is 298 Å². The van der Waals surface area contributed by atoms with E-state index in [4.69, 9.17) is 40.1 Å². The third-order valence-electron chi connectivity index (χ3n) is 6.76. The molecule has 1 aromatic heterocycles. The molecule has 0 saturated carbocycles. The van der Waals surface area contributed by atoms with Gasteiger partial charge in [-0.3, -0.25) is 29.8 Å². The molecule has 2 aromatic carbocycles. The Hall–Kier alpha value is -6.22. The fourth-order valence-electron chi connectivity index (χ4n) is 3.75. The number of esters is 1. The summed E-state index contributed by atoms with van der Waals surface area (Å²) in [6.07, 6.45) is -0.296. The van der Waals surface area contributed by atoms with Crippen molar-refractivity contribution in [3.63, 3.8) is 0 Å². The van der Waals surface area contributed by atoms with Crippen molar-refractivity contribution in [2.75, 3.05) is 38.4 Å². The molecule has 0 aliphatic carbocycles. The number of aliphatic carboxylic acids is 1. The molecule has 4 rings (SSSR count). The van der Waals surface area contributed by atoms with Crippen molar-refractivity contribution >= 4 is 47.6 Å². The van der Waals surface area contributed by atoms with Crippen molar-refractivity contribution in [1.82, 2.24) is 9.91 Å². The zero-order valence-corrected chi connectivity index (χ0v) is 26.7. The fraction of sp³-hybridized carbons (Fsp3) is 0.290. The minimum absolute atomic E-state index is 0.0658. The standard InChI is InChI=1S/C27H23N5O11.C4H11NO3/c33-23-14-31(28-13-21-9-10-22(43-21)18-3-7-20(8-4-18)32(39)40)27(38)30(23)16-42-26(37)29-19-5-1-17(2-6-19)15-41-25(36)12-11-24(34)35;5-4(1-6,2-7)3-8/h1-10,13H,11-12,14-16H2,(H,29,37)(H,34,35);6-8H,1-3,5H2/b28-13+;. The number of nitrogens with two attached hydrogens (primary N) is 1. The lowest BCUT2D eigenvalue weighted by Gasteiger charge is -2.20. The van der Waals surface area contributed by atoms with Crippen LogP contribution < -0.4 is 11.1 Å². The minimum Gasteiger partial charge on any atom is -0.481 e. The molecule has 1 aliphatic heterocycles. The SMILES string of the molecule is NC(CO)(CO)CO.O=C(O)CCC(=O)OCc1ccc(NC(=O)OCN2C(=O)CN(/N=C/c3ccc(-c4ccc([N+](=O)[O-])cc4)o3)C2=O)cc1. The summed E-state index contributed by atoms with van der Waals surface area (Å²) in [6.45, 7) is -2.34. The average Bonchev–Trinajstić information content (AvgIpc) is 3.71. The molecule has 1 fully saturated rings. The van der Waals surface area contributed by atoms with Crippen molar-refractivity contribution in [1.29, 1.82) is 0 Å². The number of rotatable bonds is 15. The Morgan fingerprint density at radius 1 is 0.980 bits per heavy atom. The Morgan fingerprint density at radius 2 is 1.63 bits per heavy atom. The first-order valence-electron chi connectivity index (χ1n) is 14.8. The van der Waals surface area contributed by atoms with Gasteiger partial charge in [-0.2, -0.15) is 5.10 Å². The number of hydrazone groups is 1. The lowest BCUT2D eigenvalue weighted by atomic mass is 10.1. The summed E-state index contributed by atoms with van der Waals surface area (Å²) in [6, 6.07) is 14.2. The highest BCUT2D eigenvalue weighted by Gasteiger charge is 2.37. The Labute approximate surface area is 288 Å². The third-order valence-corrected chi connectivity index (χ3v) is 6.76. The molecule has 0 unspecified atom stereocenters. The maximum Gasteiger partial charge on any atom is 0.413 e. The van der Waals surface area contributed by atoms with E-state index >= 15 is 0 Å². The number of carbonyl (C=O) groups is 5. The first-order valence-corrected chi connectivity index (χ1v) is 14.8. The molecular formula is C31H34N6O14. The molecule has 272 valence electrons. The van der Waals surface area contributed by atoms with Gasteiger partial charge in [-0.15, -0.1) is 0 Å². The highest BCUT2D eigenvalue weighted by molar-refractivity contribution is 6.02. The van der Waals surface area contributed by atoms with Gasteiger partial charge in [0.05, 0.1) is 49.3 Å². The van der Waals surface area contributed by atoms with Crippen molar-refractivity contribution in [3.8, 4) is 11.3 Å². The van der Waals surface area contributed by atoms with Gasteiger partial charge >= 0.3 is 24.1 Å². The number of nitro groups is 1. The van der Waals surface area contributed by atoms with Crippen LogP contribution in [-0.4, -0.2) is 110 Å². The summed E-state index contributed by atoms with van der Waals surface area (Å²) in [5.41, 5.74) is 5.37. The normalized spacial score (nSPS) is 12.8. The number of urea groups is 1. The van der Waals surface area contributed by atoms with Crippen LogP contribution >= 0.6 is 0 Å². The summed E-state index contributed by atoms with van der Waals surface area (Å²) in [4.78, 5) is 70.1. The number of imide groups is 1. The number of amides is 4. The second kappa shape index (κ2) is 18.5. The lowest BCUT2D eigenvalue weighted by Crippen LogP contribution is -2.50. The van der Waals surface area contributed by atoms with E-state index in [1.54, 1.807) is 24.3 Å². The highest BCUT2D eigenvalue weighted by atomic mass is 16.6. The molecule has 3 aromatic rings. The molecule has 0 spiro atoms. The van der Waals surface area contributed by atoms with E-state index in [1.807, 2.05) is 0 Å². The van der Waals surface area contributed by atoms with Gasteiger partial charge in [-0.05, 0) is 42.0 Å². The monoisotopic (exact) mass is 714 g/mol. The highest BCUT2D eigenvalue weighted by Crippen LogP contribution is 2.24. The van der Waals surface area contributed by atoms with Crippen LogP contribution in [-0.2, 0) is 30.5 Å². The van der Waals surface area contributed by atoms with Gasteiger partial charge in [-0.1, -0.05) is 12.1 Å². The van der Waals surface area contributed by atoms with Crippen LogP contribution in [0.5, 0.6) is 0 Å². The van der Waals surface area contributed by atoms with Crippen molar-refractivity contribution in [2.24, 2.45) is 10.8 Å². The maximum atomic E-state index is 12.6. The number of benzene rings is 2. The van der Waals surface area contributed by atoms with E-state index < -0.39 is 73.5 Å². The number of nitro benzene ring substituents is 1. The summed E-state index contributed by atoms with van der Waals surface area (Å²) in [7, 11) is 0. The molecule has 7 N–H and O–H groups in total. The predicted octanol–water partition coefficient (Wildman–Crippen LogP) is 1.23.